The Balaban J connectivity index is 1.81. The predicted octanol–water partition coefficient (Wildman–Crippen LogP) is 3.74. The van der Waals surface area contributed by atoms with Gasteiger partial charge in [0.1, 0.15) is 10.1 Å². The molecule has 96 valence electrons. The van der Waals surface area contributed by atoms with Gasteiger partial charge in [0.2, 0.25) is 0 Å². The summed E-state index contributed by atoms with van der Waals surface area (Å²) in [5.74, 6) is 0.675. The van der Waals surface area contributed by atoms with Gasteiger partial charge in [0, 0.05) is 4.88 Å². The van der Waals surface area contributed by atoms with Crippen LogP contribution in [0.1, 0.15) is 10.6 Å². The minimum Gasteiger partial charge on any atom is -0.467 e. The van der Waals surface area contributed by atoms with Crippen LogP contribution in [0.5, 0.6) is 0 Å². The average Bonchev–Trinajstić information content (AvgIpc) is 3.10. The number of rotatable bonds is 3. The van der Waals surface area contributed by atoms with Gasteiger partial charge in [0.05, 0.1) is 17.7 Å². The summed E-state index contributed by atoms with van der Waals surface area (Å²) < 4.78 is 5.83. The molecule has 0 unspecified atom stereocenters. The number of carbonyl (C=O) groups is 1. The summed E-state index contributed by atoms with van der Waals surface area (Å²) in [6.07, 6.45) is 3.47. The van der Waals surface area contributed by atoms with Crippen LogP contribution in [0.15, 0.2) is 45.2 Å². The van der Waals surface area contributed by atoms with E-state index >= 15 is 0 Å². The van der Waals surface area contributed by atoms with E-state index in [9.17, 15) is 4.79 Å². The van der Waals surface area contributed by atoms with Crippen LogP contribution in [0, 0.1) is 0 Å². The van der Waals surface area contributed by atoms with Crippen LogP contribution >= 0.6 is 35.3 Å². The zero-order valence-electron chi connectivity index (χ0n) is 9.74. The van der Waals surface area contributed by atoms with E-state index in [0.29, 0.717) is 15.8 Å². The van der Waals surface area contributed by atoms with Crippen molar-refractivity contribution in [2.75, 3.05) is 0 Å². The number of carbonyl (C=O) groups excluding carboxylic acids is 1. The molecular weight excluding hydrogens is 298 g/mol. The summed E-state index contributed by atoms with van der Waals surface area (Å²) in [7, 11) is 0. The van der Waals surface area contributed by atoms with Crippen molar-refractivity contribution < 1.29 is 9.21 Å². The zero-order chi connectivity index (χ0) is 13.2. The van der Waals surface area contributed by atoms with Gasteiger partial charge >= 0.3 is 0 Å². The fourth-order valence-corrected chi connectivity index (χ4v) is 3.68. The third-order valence-electron chi connectivity index (χ3n) is 2.58. The average molecular weight is 307 g/mol. The van der Waals surface area contributed by atoms with Crippen LogP contribution in [0.2, 0.25) is 0 Å². The molecule has 2 aromatic heterocycles. The molecular formula is C13H9NO2S3. The molecule has 3 nitrogen and oxygen atoms in total. The van der Waals surface area contributed by atoms with Gasteiger partial charge < -0.3 is 4.42 Å². The van der Waals surface area contributed by atoms with Gasteiger partial charge in [-0.2, -0.15) is 0 Å². The topological polar surface area (TPSA) is 33.5 Å². The number of amides is 1. The lowest BCUT2D eigenvalue weighted by atomic mass is 10.3. The molecule has 3 heterocycles. The van der Waals surface area contributed by atoms with Gasteiger partial charge in [-0.05, 0) is 29.7 Å². The Morgan fingerprint density at radius 1 is 1.37 bits per heavy atom. The Bertz CT molecular complexity index is 629. The van der Waals surface area contributed by atoms with E-state index in [2.05, 4.69) is 0 Å². The zero-order valence-corrected chi connectivity index (χ0v) is 12.2. The van der Waals surface area contributed by atoms with E-state index in [0.717, 1.165) is 10.6 Å². The summed E-state index contributed by atoms with van der Waals surface area (Å²) in [6.45, 7) is 0.388. The Labute approximate surface area is 123 Å². The standard InChI is InChI=1S/C13H9NO2S3/c15-12-11(7-10-4-2-6-18-10)19-13(17)14(12)8-9-3-1-5-16-9/h1-7H,8H2. The van der Waals surface area contributed by atoms with Crippen molar-refractivity contribution in [1.82, 2.24) is 4.90 Å². The number of hydrogen-bond acceptors (Lipinski definition) is 5. The molecule has 0 N–H and O–H groups in total. The largest absolute Gasteiger partial charge is 0.467 e. The maximum absolute atomic E-state index is 12.3. The van der Waals surface area contributed by atoms with Crippen molar-refractivity contribution in [2.24, 2.45) is 0 Å². The second kappa shape index (κ2) is 5.32. The van der Waals surface area contributed by atoms with Crippen molar-refractivity contribution in [3.63, 3.8) is 0 Å². The third-order valence-corrected chi connectivity index (χ3v) is 4.78. The van der Waals surface area contributed by atoms with Gasteiger partial charge in [0.15, 0.2) is 0 Å². The fraction of sp³-hybridized carbons (Fsp3) is 0.0769. The molecule has 2 aromatic rings. The van der Waals surface area contributed by atoms with Crippen LogP contribution in [-0.4, -0.2) is 15.1 Å². The van der Waals surface area contributed by atoms with E-state index in [1.54, 1.807) is 28.6 Å². The van der Waals surface area contributed by atoms with Crippen LogP contribution < -0.4 is 0 Å². The quantitative estimate of drug-likeness (QED) is 0.639. The van der Waals surface area contributed by atoms with Gasteiger partial charge in [-0.25, -0.2) is 0 Å². The Morgan fingerprint density at radius 3 is 2.95 bits per heavy atom. The number of furan rings is 1. The summed E-state index contributed by atoms with van der Waals surface area (Å²) in [6, 6.07) is 7.57. The van der Waals surface area contributed by atoms with Gasteiger partial charge in [-0.1, -0.05) is 30.0 Å². The highest BCUT2D eigenvalue weighted by atomic mass is 32.2. The minimum absolute atomic E-state index is 0.0557. The SMILES string of the molecule is O=C1C(=Cc2cccs2)SC(=S)N1Cc1ccco1. The Kier molecular flexibility index (Phi) is 3.54. The van der Waals surface area contributed by atoms with Crippen molar-refractivity contribution >= 4 is 51.6 Å². The van der Waals surface area contributed by atoms with Crippen LogP contribution in [0.3, 0.4) is 0 Å². The predicted molar refractivity (Wildman–Crippen MR) is 81.7 cm³/mol. The second-order valence-corrected chi connectivity index (χ2v) is 6.52. The lowest BCUT2D eigenvalue weighted by Crippen LogP contribution is -2.27. The van der Waals surface area contributed by atoms with Crippen LogP contribution in [-0.2, 0) is 11.3 Å². The van der Waals surface area contributed by atoms with Gasteiger partial charge in [-0.3, -0.25) is 9.69 Å². The van der Waals surface area contributed by atoms with E-state index in [4.69, 9.17) is 16.6 Å². The number of thioether (sulfide) groups is 1. The maximum Gasteiger partial charge on any atom is 0.266 e. The van der Waals surface area contributed by atoms with E-state index in [1.165, 1.54) is 11.8 Å². The third kappa shape index (κ3) is 2.65. The molecule has 6 heteroatoms. The van der Waals surface area contributed by atoms with Gasteiger partial charge in [-0.15, -0.1) is 11.3 Å². The number of hydrogen-bond donors (Lipinski definition) is 0. The maximum atomic E-state index is 12.3. The Hall–Kier alpha value is -1.37. The first kappa shape index (κ1) is 12.7. The molecule has 3 rings (SSSR count). The van der Waals surface area contributed by atoms with Crippen molar-refractivity contribution in [3.05, 3.63) is 51.5 Å². The molecule has 0 aromatic carbocycles. The smallest absolute Gasteiger partial charge is 0.266 e. The second-order valence-electron chi connectivity index (χ2n) is 3.86. The summed E-state index contributed by atoms with van der Waals surface area (Å²) in [5.41, 5.74) is 0. The molecule has 1 aliphatic heterocycles. The molecule has 0 saturated carbocycles. The molecule has 1 saturated heterocycles. The Morgan fingerprint density at radius 2 is 2.26 bits per heavy atom. The number of nitrogens with zero attached hydrogens (tertiary/aromatic N) is 1. The van der Waals surface area contributed by atoms with E-state index < -0.39 is 0 Å². The monoisotopic (exact) mass is 307 g/mol. The van der Waals surface area contributed by atoms with Crippen molar-refractivity contribution in [1.29, 1.82) is 0 Å². The first-order valence-electron chi connectivity index (χ1n) is 5.55. The van der Waals surface area contributed by atoms with Crippen molar-refractivity contribution in [2.45, 2.75) is 6.54 Å². The lowest BCUT2D eigenvalue weighted by molar-refractivity contribution is -0.122. The summed E-state index contributed by atoms with van der Waals surface area (Å²) in [4.78, 5) is 15.6. The van der Waals surface area contributed by atoms with Crippen LogP contribution in [0.25, 0.3) is 6.08 Å². The minimum atomic E-state index is -0.0557. The fourth-order valence-electron chi connectivity index (χ4n) is 1.70. The normalized spacial score (nSPS) is 17.7. The number of thiophene rings is 1. The highest BCUT2D eigenvalue weighted by Gasteiger charge is 2.32. The van der Waals surface area contributed by atoms with Crippen molar-refractivity contribution in [3.8, 4) is 0 Å². The van der Waals surface area contributed by atoms with E-state index in [1.807, 2.05) is 29.7 Å². The van der Waals surface area contributed by atoms with Gasteiger partial charge in [0.25, 0.3) is 5.91 Å². The molecule has 0 aliphatic carbocycles. The summed E-state index contributed by atoms with van der Waals surface area (Å²) >= 11 is 8.19. The molecule has 19 heavy (non-hydrogen) atoms. The number of thiocarbonyl (C=S) groups is 1. The first-order valence-corrected chi connectivity index (χ1v) is 7.66. The molecule has 0 radical (unpaired) electrons. The molecule has 1 aliphatic rings. The first-order chi connectivity index (χ1) is 9.24. The molecule has 0 bridgehead atoms. The highest BCUT2D eigenvalue weighted by molar-refractivity contribution is 8.26. The lowest BCUT2D eigenvalue weighted by Gasteiger charge is -2.11. The molecule has 1 fully saturated rings. The summed E-state index contributed by atoms with van der Waals surface area (Å²) in [5, 5.41) is 1.98. The van der Waals surface area contributed by atoms with Crippen LogP contribution in [0.4, 0.5) is 0 Å². The van der Waals surface area contributed by atoms with E-state index in [-0.39, 0.29) is 5.91 Å². The highest BCUT2D eigenvalue weighted by Crippen LogP contribution is 2.34. The molecule has 1 amide bonds. The molecule has 0 atom stereocenters. The molecule has 0 spiro atoms.